The molecule has 0 bridgehead atoms. The monoisotopic (exact) mass is 523 g/mol. The van der Waals surface area contributed by atoms with E-state index < -0.39 is 15.7 Å². The molecule has 0 amide bonds. The van der Waals surface area contributed by atoms with E-state index in [4.69, 9.17) is 0 Å². The molecule has 0 saturated heterocycles. The van der Waals surface area contributed by atoms with Crippen LogP contribution in [0.4, 0.5) is 8.78 Å². The molecule has 0 aliphatic carbocycles. The average molecular weight is 523 g/mol. The smallest absolute Gasteiger partial charge is 0.191 e. The Bertz CT molecular complexity index is 904. The fraction of sp³-hybridized carbons (Fsp3) is 0.316. The molecule has 0 aromatic heterocycles. The molecule has 0 spiro atoms. The van der Waals surface area contributed by atoms with Crippen molar-refractivity contribution in [2.45, 2.75) is 18.7 Å². The van der Waals surface area contributed by atoms with E-state index in [9.17, 15) is 17.2 Å². The van der Waals surface area contributed by atoms with Crippen molar-refractivity contribution < 1.29 is 17.2 Å². The number of hydrogen-bond acceptors (Lipinski definition) is 3. The second-order valence-electron chi connectivity index (χ2n) is 6.21. The minimum absolute atomic E-state index is 0. The topological polar surface area (TPSA) is 70.6 Å². The van der Waals surface area contributed by atoms with Gasteiger partial charge in [-0.25, -0.2) is 17.2 Å². The minimum Gasteiger partial charge on any atom is -0.356 e. The van der Waals surface area contributed by atoms with E-state index in [1.807, 2.05) is 0 Å². The van der Waals surface area contributed by atoms with E-state index in [-0.39, 0.29) is 42.1 Å². The number of nitrogens with one attached hydrogen (secondary N) is 2. The highest BCUT2D eigenvalue weighted by Crippen LogP contribution is 2.14. The number of rotatable bonds is 7. The summed E-state index contributed by atoms with van der Waals surface area (Å²) in [6, 6.07) is 10.3. The summed E-state index contributed by atoms with van der Waals surface area (Å²) in [6.07, 6.45) is 1.82. The van der Waals surface area contributed by atoms with Crippen LogP contribution in [0, 0.1) is 11.6 Å². The summed E-state index contributed by atoms with van der Waals surface area (Å²) < 4.78 is 49.6. The Morgan fingerprint density at radius 1 is 1.00 bits per heavy atom. The van der Waals surface area contributed by atoms with Crippen LogP contribution < -0.4 is 10.6 Å². The Morgan fingerprint density at radius 2 is 1.64 bits per heavy atom. The zero-order valence-electron chi connectivity index (χ0n) is 15.7. The summed E-state index contributed by atoms with van der Waals surface area (Å²) in [5, 5.41) is 6.17. The first kappa shape index (κ1) is 24.3. The Morgan fingerprint density at radius 3 is 2.25 bits per heavy atom. The van der Waals surface area contributed by atoms with Crippen LogP contribution in [-0.4, -0.2) is 34.2 Å². The van der Waals surface area contributed by atoms with E-state index >= 15 is 0 Å². The molecule has 0 saturated carbocycles. The molecule has 0 aliphatic rings. The van der Waals surface area contributed by atoms with Crippen molar-refractivity contribution in [3.63, 3.8) is 0 Å². The third-order valence-electron chi connectivity index (χ3n) is 3.88. The fourth-order valence-electron chi connectivity index (χ4n) is 2.56. The van der Waals surface area contributed by atoms with Gasteiger partial charge in [0.1, 0.15) is 11.6 Å². The average Bonchev–Trinajstić information content (AvgIpc) is 2.60. The quantitative estimate of drug-likeness (QED) is 0.333. The van der Waals surface area contributed by atoms with Gasteiger partial charge < -0.3 is 10.6 Å². The lowest BCUT2D eigenvalue weighted by atomic mass is 10.1. The number of guanidine groups is 1. The van der Waals surface area contributed by atoms with Crippen molar-refractivity contribution in [2.24, 2.45) is 4.99 Å². The first-order chi connectivity index (χ1) is 12.8. The van der Waals surface area contributed by atoms with Crippen LogP contribution in [0.25, 0.3) is 0 Å². The van der Waals surface area contributed by atoms with Crippen molar-refractivity contribution in [1.82, 2.24) is 10.6 Å². The van der Waals surface area contributed by atoms with E-state index in [0.29, 0.717) is 30.1 Å². The van der Waals surface area contributed by atoms with E-state index in [1.54, 1.807) is 19.2 Å². The Labute approximate surface area is 181 Å². The molecule has 0 radical (unpaired) electrons. The highest BCUT2D eigenvalue weighted by Gasteiger charge is 2.11. The molecule has 5 nitrogen and oxygen atoms in total. The van der Waals surface area contributed by atoms with Gasteiger partial charge in [-0.1, -0.05) is 18.2 Å². The van der Waals surface area contributed by atoms with Crippen molar-refractivity contribution in [3.05, 3.63) is 70.8 Å². The van der Waals surface area contributed by atoms with Crippen molar-refractivity contribution in [1.29, 1.82) is 0 Å². The molecular weight excluding hydrogens is 499 g/mol. The second-order valence-corrected chi connectivity index (χ2v) is 8.35. The predicted octanol–water partition coefficient (Wildman–Crippen LogP) is 3.04. The van der Waals surface area contributed by atoms with Gasteiger partial charge in [-0.3, -0.25) is 4.99 Å². The first-order valence-corrected chi connectivity index (χ1v) is 10.5. The van der Waals surface area contributed by atoms with Crippen LogP contribution >= 0.6 is 24.0 Å². The molecule has 0 heterocycles. The summed E-state index contributed by atoms with van der Waals surface area (Å²) >= 11 is 0. The van der Waals surface area contributed by atoms with Gasteiger partial charge in [-0.2, -0.15) is 0 Å². The van der Waals surface area contributed by atoms with Crippen molar-refractivity contribution >= 4 is 39.8 Å². The molecule has 154 valence electrons. The first-order valence-electron chi connectivity index (χ1n) is 8.41. The lowest BCUT2D eigenvalue weighted by molar-refractivity contribution is 0.599. The minimum atomic E-state index is -3.23. The van der Waals surface area contributed by atoms with Crippen molar-refractivity contribution in [2.75, 3.05) is 19.8 Å². The molecule has 2 aromatic carbocycles. The van der Waals surface area contributed by atoms with Crippen molar-refractivity contribution in [3.8, 4) is 0 Å². The van der Waals surface area contributed by atoms with Gasteiger partial charge in [-0.15, -0.1) is 24.0 Å². The van der Waals surface area contributed by atoms with Crippen LogP contribution in [0.3, 0.4) is 0 Å². The van der Waals surface area contributed by atoms with Crippen LogP contribution in [-0.2, 0) is 28.6 Å². The number of aliphatic imine (C=N–C) groups is 1. The maximum atomic E-state index is 13.6. The van der Waals surface area contributed by atoms with Crippen LogP contribution in [0.15, 0.2) is 47.5 Å². The highest BCUT2D eigenvalue weighted by atomic mass is 127. The van der Waals surface area contributed by atoms with E-state index in [1.165, 1.54) is 30.3 Å². The molecular formula is C19H24F2IN3O2S. The Balaban J connectivity index is 0.00000392. The van der Waals surface area contributed by atoms with Gasteiger partial charge in [0.05, 0.1) is 5.75 Å². The molecule has 0 fully saturated rings. The summed E-state index contributed by atoms with van der Waals surface area (Å²) in [5.74, 6) is -0.347. The summed E-state index contributed by atoms with van der Waals surface area (Å²) in [6.45, 7) is 0.809. The zero-order valence-corrected chi connectivity index (χ0v) is 18.9. The number of hydrogen-bond donors (Lipinski definition) is 2. The maximum Gasteiger partial charge on any atom is 0.191 e. The molecule has 0 unspecified atom stereocenters. The van der Waals surface area contributed by atoms with Gasteiger partial charge in [0, 0.05) is 26.4 Å². The third-order valence-corrected chi connectivity index (χ3v) is 4.71. The second kappa shape index (κ2) is 11.3. The van der Waals surface area contributed by atoms with Gasteiger partial charge in [0.2, 0.25) is 0 Å². The highest BCUT2D eigenvalue weighted by molar-refractivity contribution is 14.0. The van der Waals surface area contributed by atoms with Gasteiger partial charge in [0.25, 0.3) is 0 Å². The number of sulfone groups is 1. The lowest BCUT2D eigenvalue weighted by Crippen LogP contribution is -2.38. The molecule has 0 atom stereocenters. The van der Waals surface area contributed by atoms with Crippen LogP contribution in [0.1, 0.15) is 16.7 Å². The molecule has 0 aliphatic heterocycles. The summed E-state index contributed by atoms with van der Waals surface area (Å²) in [5.41, 5.74) is 2.09. The lowest BCUT2D eigenvalue weighted by Gasteiger charge is -2.14. The third kappa shape index (κ3) is 8.51. The van der Waals surface area contributed by atoms with Gasteiger partial charge >= 0.3 is 0 Å². The maximum absolute atomic E-state index is 13.6. The predicted molar refractivity (Wildman–Crippen MR) is 119 cm³/mol. The van der Waals surface area contributed by atoms with E-state index in [2.05, 4.69) is 15.6 Å². The Hall–Kier alpha value is -1.75. The standard InChI is InChI=1S/C19H23F2N3O2S.HI/c1-22-19(23-10-9-14-3-6-17(20)7-4-14)24-12-16-11-18(21)8-5-15(16)13-27(2,25)26;/h3-8,11H,9-10,12-13H2,1-2H3,(H2,22,23,24);1H. The van der Waals surface area contributed by atoms with E-state index in [0.717, 1.165) is 11.8 Å². The molecule has 2 aromatic rings. The number of halogens is 3. The summed E-state index contributed by atoms with van der Waals surface area (Å²) in [4.78, 5) is 4.10. The fourth-order valence-corrected chi connectivity index (χ4v) is 3.40. The molecule has 2 N–H and O–H groups in total. The molecule has 9 heteroatoms. The molecule has 2 rings (SSSR count). The Kier molecular flexibility index (Phi) is 9.80. The van der Waals surface area contributed by atoms with Crippen LogP contribution in [0.5, 0.6) is 0 Å². The SMILES string of the molecule is CN=C(NCCc1ccc(F)cc1)NCc1cc(F)ccc1CS(C)(=O)=O.I. The number of nitrogens with zero attached hydrogens (tertiary/aromatic N) is 1. The normalized spacial score (nSPS) is 11.6. The van der Waals surface area contributed by atoms with Gasteiger partial charge in [-0.05, 0) is 47.4 Å². The molecule has 28 heavy (non-hydrogen) atoms. The van der Waals surface area contributed by atoms with Crippen LogP contribution in [0.2, 0.25) is 0 Å². The zero-order chi connectivity index (χ0) is 19.9. The number of benzene rings is 2. The summed E-state index contributed by atoms with van der Waals surface area (Å²) in [7, 11) is -1.62. The van der Waals surface area contributed by atoms with Gasteiger partial charge in [0.15, 0.2) is 15.8 Å². The largest absolute Gasteiger partial charge is 0.356 e.